The molecule has 0 unspecified atom stereocenters. The summed E-state index contributed by atoms with van der Waals surface area (Å²) in [6.45, 7) is 13.6. The van der Waals surface area contributed by atoms with Gasteiger partial charge in [0.1, 0.15) is 11.5 Å². The van der Waals surface area contributed by atoms with E-state index in [-0.39, 0.29) is 0 Å². The smallest absolute Gasteiger partial charge is 0.395 e. The first-order valence-electron chi connectivity index (χ1n) is 26.8. The quantitative estimate of drug-likeness (QED) is 0.0533. The first kappa shape index (κ1) is 55.4. The molecule has 0 spiro atoms. The Morgan fingerprint density at radius 2 is 0.541 bits per heavy atom. The van der Waals surface area contributed by atoms with Gasteiger partial charge in [0.15, 0.2) is 0 Å². The molecule has 0 saturated carbocycles. The first-order chi connectivity index (χ1) is 29.8. The maximum atomic E-state index is 14.0. The van der Waals surface area contributed by atoms with Gasteiger partial charge < -0.3 is 9.05 Å². The zero-order valence-electron chi connectivity index (χ0n) is 41.3. The van der Waals surface area contributed by atoms with Crippen LogP contribution in [0, 0.1) is 0 Å². The van der Waals surface area contributed by atoms with Crippen molar-refractivity contribution in [3.05, 3.63) is 57.6 Å². The summed E-state index contributed by atoms with van der Waals surface area (Å²) in [6, 6.07) is 8.24. The minimum absolute atomic E-state index is 0.482. The summed E-state index contributed by atoms with van der Waals surface area (Å²) in [6.07, 6.45) is 47.1. The highest BCUT2D eigenvalue weighted by molar-refractivity contribution is 7.48. The van der Waals surface area contributed by atoms with E-state index in [0.717, 1.165) is 64.2 Å². The standard InChI is InChI=1S/C56H99O4P/c1-7-13-17-21-25-29-33-37-41-49-45-53(46-50(55(49)11-5)42-38-34-30-26-22-18-14-8-2)59-61(57,58)60-54-47-51(43-39-35-31-27-23-19-15-9-3)56(12-6)52(48-54)44-40-36-32-28-24-20-16-10-4/h45-48H,7-44H2,1-6H3,(H,57,58). The van der Waals surface area contributed by atoms with Crippen LogP contribution in [-0.4, -0.2) is 4.89 Å². The maximum absolute atomic E-state index is 14.0. The van der Waals surface area contributed by atoms with Crippen LogP contribution in [0.2, 0.25) is 0 Å². The van der Waals surface area contributed by atoms with Gasteiger partial charge in [0.25, 0.3) is 0 Å². The molecule has 0 aromatic heterocycles. The van der Waals surface area contributed by atoms with Crippen molar-refractivity contribution in [1.29, 1.82) is 0 Å². The number of hydrogen-bond donors (Lipinski definition) is 1. The number of aryl methyl sites for hydroxylation is 4. The molecule has 0 fully saturated rings. The molecule has 61 heavy (non-hydrogen) atoms. The molecule has 2 rings (SSSR count). The fraction of sp³-hybridized carbons (Fsp3) is 0.786. The number of benzene rings is 2. The Balaban J connectivity index is 2.27. The second kappa shape index (κ2) is 36.6. The summed E-state index contributed by atoms with van der Waals surface area (Å²) in [5.41, 5.74) is 7.97. The van der Waals surface area contributed by atoms with Gasteiger partial charge in [-0.25, -0.2) is 4.57 Å². The lowest BCUT2D eigenvalue weighted by atomic mass is 9.91. The first-order valence-corrected chi connectivity index (χ1v) is 28.3. The summed E-state index contributed by atoms with van der Waals surface area (Å²) in [4.78, 5) is 11.5. The topological polar surface area (TPSA) is 55.8 Å². The lowest BCUT2D eigenvalue weighted by molar-refractivity contribution is 0.290. The fourth-order valence-corrected chi connectivity index (χ4v) is 10.3. The molecule has 0 bridgehead atoms. The largest absolute Gasteiger partial charge is 0.584 e. The van der Waals surface area contributed by atoms with Crippen molar-refractivity contribution < 1.29 is 18.5 Å². The molecule has 4 nitrogen and oxygen atoms in total. The third-order valence-electron chi connectivity index (χ3n) is 13.2. The Hall–Kier alpha value is -1.77. The summed E-state index contributed by atoms with van der Waals surface area (Å²) >= 11 is 0. The second-order valence-corrected chi connectivity index (χ2v) is 20.0. The van der Waals surface area contributed by atoms with E-state index in [1.54, 1.807) is 0 Å². The highest BCUT2D eigenvalue weighted by Gasteiger charge is 2.27. The van der Waals surface area contributed by atoms with E-state index < -0.39 is 7.82 Å². The van der Waals surface area contributed by atoms with Crippen LogP contribution >= 0.6 is 7.82 Å². The molecule has 0 aliphatic carbocycles. The molecule has 0 heterocycles. The third kappa shape index (κ3) is 26.0. The van der Waals surface area contributed by atoms with Gasteiger partial charge in [-0.05, 0) is 122 Å². The van der Waals surface area contributed by atoms with E-state index in [0.29, 0.717) is 11.5 Å². The van der Waals surface area contributed by atoms with Crippen LogP contribution in [-0.2, 0) is 43.1 Å². The minimum Gasteiger partial charge on any atom is -0.395 e. The summed E-state index contributed by atoms with van der Waals surface area (Å²) < 4.78 is 26.2. The molecule has 0 atom stereocenters. The molecule has 0 aliphatic rings. The molecule has 0 amide bonds. The minimum atomic E-state index is -4.46. The van der Waals surface area contributed by atoms with Gasteiger partial charge in [0.2, 0.25) is 0 Å². The zero-order valence-corrected chi connectivity index (χ0v) is 42.2. The molecule has 2 aromatic rings. The summed E-state index contributed by atoms with van der Waals surface area (Å²) in [5, 5.41) is 0. The lowest BCUT2D eigenvalue weighted by Crippen LogP contribution is -2.06. The molecular weight excluding hydrogens is 768 g/mol. The van der Waals surface area contributed by atoms with Crippen LogP contribution < -0.4 is 9.05 Å². The molecule has 0 aliphatic heterocycles. The van der Waals surface area contributed by atoms with E-state index in [1.165, 1.54) is 213 Å². The Morgan fingerprint density at radius 3 is 0.738 bits per heavy atom. The van der Waals surface area contributed by atoms with Crippen LogP contribution in [0.25, 0.3) is 0 Å². The molecule has 1 N–H and O–H groups in total. The molecular formula is C56H99O4P. The predicted octanol–water partition coefficient (Wildman–Crippen LogP) is 19.1. The van der Waals surface area contributed by atoms with Gasteiger partial charge in [-0.3, -0.25) is 4.89 Å². The molecule has 2 aromatic carbocycles. The van der Waals surface area contributed by atoms with Crippen molar-refractivity contribution in [2.75, 3.05) is 0 Å². The average Bonchev–Trinajstić information content (AvgIpc) is 3.24. The molecule has 5 heteroatoms. The van der Waals surface area contributed by atoms with Gasteiger partial charge in [0.05, 0.1) is 0 Å². The number of rotatable bonds is 42. The number of phosphoric ester groups is 1. The van der Waals surface area contributed by atoms with E-state index in [2.05, 4.69) is 65.8 Å². The average molecular weight is 867 g/mol. The zero-order chi connectivity index (χ0) is 44.2. The van der Waals surface area contributed by atoms with Crippen LogP contribution in [0.1, 0.15) is 280 Å². The highest BCUT2D eigenvalue weighted by atomic mass is 31.2. The third-order valence-corrected chi connectivity index (χ3v) is 14.0. The Bertz CT molecular complexity index is 1220. The normalized spacial score (nSPS) is 11.8. The highest BCUT2D eigenvalue weighted by Crippen LogP contribution is 2.46. The van der Waals surface area contributed by atoms with Crippen molar-refractivity contribution >= 4 is 7.82 Å². The SMILES string of the molecule is CCCCCCCCCCc1cc(OP(=O)(O)Oc2cc(CCCCCCCCCC)c(CC)c(CCCCCCCCCC)c2)cc(CCCCCCCCCC)c1CC. The number of unbranched alkanes of at least 4 members (excludes halogenated alkanes) is 28. The van der Waals surface area contributed by atoms with Gasteiger partial charge in [-0.2, -0.15) is 0 Å². The van der Waals surface area contributed by atoms with Crippen LogP contribution in [0.5, 0.6) is 11.5 Å². The molecule has 352 valence electrons. The summed E-state index contributed by atoms with van der Waals surface area (Å²) in [7, 11) is -4.46. The van der Waals surface area contributed by atoms with Crippen molar-refractivity contribution in [3.8, 4) is 11.5 Å². The second-order valence-electron chi connectivity index (χ2n) is 18.7. The van der Waals surface area contributed by atoms with Crippen LogP contribution in [0.3, 0.4) is 0 Å². The van der Waals surface area contributed by atoms with E-state index in [9.17, 15) is 9.46 Å². The fourth-order valence-electron chi connectivity index (χ4n) is 9.52. The van der Waals surface area contributed by atoms with Gasteiger partial charge >= 0.3 is 7.82 Å². The monoisotopic (exact) mass is 867 g/mol. The van der Waals surface area contributed by atoms with E-state index in [4.69, 9.17) is 9.05 Å². The van der Waals surface area contributed by atoms with E-state index >= 15 is 0 Å². The Morgan fingerprint density at radius 1 is 0.344 bits per heavy atom. The molecule has 0 radical (unpaired) electrons. The number of phosphoric acid groups is 1. The predicted molar refractivity (Wildman–Crippen MR) is 268 cm³/mol. The van der Waals surface area contributed by atoms with Crippen molar-refractivity contribution in [2.45, 2.75) is 286 Å². The maximum Gasteiger partial charge on any atom is 0.584 e. The van der Waals surface area contributed by atoms with Gasteiger partial charge in [0, 0.05) is 0 Å². The Labute approximate surface area is 379 Å². The van der Waals surface area contributed by atoms with Gasteiger partial charge in [-0.15, -0.1) is 0 Å². The van der Waals surface area contributed by atoms with E-state index in [1.807, 2.05) is 0 Å². The van der Waals surface area contributed by atoms with Crippen molar-refractivity contribution in [1.82, 2.24) is 0 Å². The van der Waals surface area contributed by atoms with Crippen LogP contribution in [0.15, 0.2) is 24.3 Å². The van der Waals surface area contributed by atoms with Crippen molar-refractivity contribution in [3.63, 3.8) is 0 Å². The lowest BCUT2D eigenvalue weighted by Gasteiger charge is -2.21. The Kier molecular flexibility index (Phi) is 33.2. The van der Waals surface area contributed by atoms with Gasteiger partial charge in [-0.1, -0.05) is 221 Å². The van der Waals surface area contributed by atoms with Crippen LogP contribution in [0.4, 0.5) is 0 Å². The summed E-state index contributed by atoms with van der Waals surface area (Å²) in [5.74, 6) is 0.964. The number of hydrogen-bond acceptors (Lipinski definition) is 3. The molecule has 0 saturated heterocycles. The van der Waals surface area contributed by atoms with Crippen molar-refractivity contribution in [2.24, 2.45) is 0 Å².